The molecule has 0 spiro atoms. The molecule has 1 heterocycles. The number of piperidine rings is 1. The Bertz CT molecular complexity index is 710. The van der Waals surface area contributed by atoms with Crippen LogP contribution >= 0.6 is 0 Å². The monoisotopic (exact) mass is 368 g/mol. The van der Waals surface area contributed by atoms with Gasteiger partial charge in [0.25, 0.3) is 0 Å². The second-order valence-electron chi connectivity index (χ2n) is 7.57. The summed E-state index contributed by atoms with van der Waals surface area (Å²) in [6.07, 6.45) is 1.07. The van der Waals surface area contributed by atoms with E-state index >= 15 is 0 Å². The molecule has 1 N–H and O–H groups in total. The van der Waals surface area contributed by atoms with Crippen LogP contribution in [0.5, 0.6) is 0 Å². The zero-order chi connectivity index (χ0) is 18.7. The van der Waals surface area contributed by atoms with Gasteiger partial charge in [-0.05, 0) is 51.7 Å². The molecular weight excluding hydrogens is 340 g/mol. The SMILES string of the molecule is Cc1ccccc1CS(=O)(=O)NC1CCCN(C(=O)OC(C)(C)C)C1. The van der Waals surface area contributed by atoms with E-state index in [4.69, 9.17) is 4.74 Å². The smallest absolute Gasteiger partial charge is 0.410 e. The number of hydrogen-bond donors (Lipinski definition) is 1. The molecule has 2 rings (SSSR count). The molecule has 1 aliphatic heterocycles. The largest absolute Gasteiger partial charge is 0.444 e. The molecule has 1 amide bonds. The van der Waals surface area contributed by atoms with Crippen molar-refractivity contribution in [2.75, 3.05) is 13.1 Å². The summed E-state index contributed by atoms with van der Waals surface area (Å²) in [7, 11) is -3.47. The predicted octanol–water partition coefficient (Wildman–Crippen LogP) is 2.81. The van der Waals surface area contributed by atoms with Crippen molar-refractivity contribution < 1.29 is 17.9 Å². The number of carbonyl (C=O) groups excluding carboxylic acids is 1. The van der Waals surface area contributed by atoms with Crippen LogP contribution in [-0.4, -0.2) is 44.1 Å². The van der Waals surface area contributed by atoms with Crippen LogP contribution in [0, 0.1) is 6.92 Å². The van der Waals surface area contributed by atoms with Crippen LogP contribution in [0.1, 0.15) is 44.7 Å². The molecule has 1 saturated heterocycles. The maximum Gasteiger partial charge on any atom is 0.410 e. The molecule has 1 aliphatic rings. The summed E-state index contributed by atoms with van der Waals surface area (Å²) in [4.78, 5) is 13.8. The fraction of sp³-hybridized carbons (Fsp3) is 0.611. The van der Waals surface area contributed by atoms with Crippen molar-refractivity contribution in [1.29, 1.82) is 0 Å². The van der Waals surface area contributed by atoms with Gasteiger partial charge in [-0.15, -0.1) is 0 Å². The third-order valence-electron chi connectivity index (χ3n) is 4.03. The normalized spacial score (nSPS) is 18.9. The van der Waals surface area contributed by atoms with E-state index < -0.39 is 21.7 Å². The first-order valence-corrected chi connectivity index (χ1v) is 10.2. The van der Waals surface area contributed by atoms with E-state index in [-0.39, 0.29) is 11.8 Å². The van der Waals surface area contributed by atoms with Gasteiger partial charge in [-0.2, -0.15) is 0 Å². The Morgan fingerprint density at radius 1 is 1.32 bits per heavy atom. The van der Waals surface area contributed by atoms with Gasteiger partial charge in [0.05, 0.1) is 5.75 Å². The van der Waals surface area contributed by atoms with Crippen LogP contribution in [0.4, 0.5) is 4.79 Å². The summed E-state index contributed by atoms with van der Waals surface area (Å²) in [6.45, 7) is 8.27. The summed E-state index contributed by atoms with van der Waals surface area (Å²) in [5.74, 6) is -0.0530. The fourth-order valence-electron chi connectivity index (χ4n) is 2.84. The highest BCUT2D eigenvalue weighted by Gasteiger charge is 2.29. The molecule has 7 heteroatoms. The minimum Gasteiger partial charge on any atom is -0.444 e. The lowest BCUT2D eigenvalue weighted by atomic mass is 10.1. The standard InChI is InChI=1S/C18H28N2O4S/c1-14-8-5-6-9-15(14)13-25(22,23)19-16-10-7-11-20(12-16)17(21)24-18(2,3)4/h5-6,8-9,16,19H,7,10-13H2,1-4H3. The lowest BCUT2D eigenvalue weighted by molar-refractivity contribution is 0.0195. The van der Waals surface area contributed by atoms with E-state index in [1.807, 2.05) is 52.0 Å². The third-order valence-corrected chi connectivity index (χ3v) is 5.41. The zero-order valence-electron chi connectivity index (χ0n) is 15.4. The van der Waals surface area contributed by atoms with E-state index in [1.54, 1.807) is 4.90 Å². The molecule has 0 saturated carbocycles. The van der Waals surface area contributed by atoms with Gasteiger partial charge < -0.3 is 9.64 Å². The van der Waals surface area contributed by atoms with E-state index in [9.17, 15) is 13.2 Å². The van der Waals surface area contributed by atoms with Crippen molar-refractivity contribution in [3.63, 3.8) is 0 Å². The molecule has 1 atom stereocenters. The number of hydrogen-bond acceptors (Lipinski definition) is 4. The second kappa shape index (κ2) is 7.74. The Balaban J connectivity index is 1.97. The number of rotatable bonds is 4. The maximum absolute atomic E-state index is 12.5. The van der Waals surface area contributed by atoms with Crippen molar-refractivity contribution in [1.82, 2.24) is 9.62 Å². The van der Waals surface area contributed by atoms with Crippen LogP contribution in [0.25, 0.3) is 0 Å². The van der Waals surface area contributed by atoms with Crippen molar-refractivity contribution >= 4 is 16.1 Å². The molecule has 0 radical (unpaired) electrons. The van der Waals surface area contributed by atoms with Gasteiger partial charge in [-0.25, -0.2) is 17.9 Å². The van der Waals surface area contributed by atoms with E-state index in [1.165, 1.54) is 0 Å². The number of nitrogens with zero attached hydrogens (tertiary/aromatic N) is 1. The maximum atomic E-state index is 12.5. The van der Waals surface area contributed by atoms with E-state index in [2.05, 4.69) is 4.72 Å². The highest BCUT2D eigenvalue weighted by molar-refractivity contribution is 7.88. The summed E-state index contributed by atoms with van der Waals surface area (Å²) in [6, 6.07) is 7.16. The molecule has 1 aromatic rings. The van der Waals surface area contributed by atoms with Gasteiger partial charge in [0.2, 0.25) is 10.0 Å². The average Bonchev–Trinajstić information content (AvgIpc) is 2.47. The molecule has 1 unspecified atom stereocenters. The van der Waals surface area contributed by atoms with Crippen molar-refractivity contribution in [3.8, 4) is 0 Å². The number of benzene rings is 1. The number of aryl methyl sites for hydroxylation is 1. The van der Waals surface area contributed by atoms with Crippen LogP contribution in [0.3, 0.4) is 0 Å². The summed E-state index contributed by atoms with van der Waals surface area (Å²) < 4.78 is 33.1. The first-order chi connectivity index (χ1) is 11.6. The molecule has 25 heavy (non-hydrogen) atoms. The number of ether oxygens (including phenoxy) is 1. The Morgan fingerprint density at radius 2 is 2.00 bits per heavy atom. The average molecular weight is 368 g/mol. The highest BCUT2D eigenvalue weighted by Crippen LogP contribution is 2.17. The van der Waals surface area contributed by atoms with Gasteiger partial charge in [-0.1, -0.05) is 24.3 Å². The molecule has 6 nitrogen and oxygen atoms in total. The molecule has 1 fully saturated rings. The number of sulfonamides is 1. The fourth-order valence-corrected chi connectivity index (χ4v) is 4.35. The summed E-state index contributed by atoms with van der Waals surface area (Å²) in [5.41, 5.74) is 1.18. The van der Waals surface area contributed by atoms with E-state index in [0.717, 1.165) is 17.5 Å². The lowest BCUT2D eigenvalue weighted by Gasteiger charge is -2.34. The Kier molecular flexibility index (Phi) is 6.11. The first kappa shape index (κ1) is 19.7. The van der Waals surface area contributed by atoms with E-state index in [0.29, 0.717) is 19.5 Å². The summed E-state index contributed by atoms with van der Waals surface area (Å²) in [5, 5.41) is 0. The zero-order valence-corrected chi connectivity index (χ0v) is 16.2. The van der Waals surface area contributed by atoms with Crippen molar-refractivity contribution in [3.05, 3.63) is 35.4 Å². The molecule has 0 aliphatic carbocycles. The minimum absolute atomic E-state index is 0.0530. The Hall–Kier alpha value is -1.60. The second-order valence-corrected chi connectivity index (χ2v) is 9.32. The minimum atomic E-state index is -3.47. The molecular formula is C18H28N2O4S. The van der Waals surface area contributed by atoms with Crippen molar-refractivity contribution in [2.45, 2.75) is 57.9 Å². The van der Waals surface area contributed by atoms with Gasteiger partial charge in [0, 0.05) is 19.1 Å². The molecule has 0 bridgehead atoms. The van der Waals surface area contributed by atoms with Crippen LogP contribution in [-0.2, 0) is 20.5 Å². The van der Waals surface area contributed by atoms with Crippen molar-refractivity contribution in [2.24, 2.45) is 0 Å². The van der Waals surface area contributed by atoms with Crippen LogP contribution < -0.4 is 4.72 Å². The number of likely N-dealkylation sites (tertiary alicyclic amines) is 1. The first-order valence-electron chi connectivity index (χ1n) is 8.58. The Morgan fingerprint density at radius 3 is 2.64 bits per heavy atom. The number of nitrogens with one attached hydrogen (secondary N) is 1. The number of carbonyl (C=O) groups is 1. The lowest BCUT2D eigenvalue weighted by Crippen LogP contribution is -2.50. The summed E-state index contributed by atoms with van der Waals surface area (Å²) >= 11 is 0. The van der Waals surface area contributed by atoms with Gasteiger partial charge in [-0.3, -0.25) is 0 Å². The van der Waals surface area contributed by atoms with Gasteiger partial charge >= 0.3 is 6.09 Å². The Labute approximate surface area is 150 Å². The topological polar surface area (TPSA) is 75.7 Å². The van der Waals surface area contributed by atoms with Crippen LogP contribution in [0.2, 0.25) is 0 Å². The highest BCUT2D eigenvalue weighted by atomic mass is 32.2. The number of amides is 1. The van der Waals surface area contributed by atoms with Gasteiger partial charge in [0.1, 0.15) is 5.60 Å². The van der Waals surface area contributed by atoms with Crippen LogP contribution in [0.15, 0.2) is 24.3 Å². The predicted molar refractivity (Wildman–Crippen MR) is 97.8 cm³/mol. The molecule has 140 valence electrons. The quantitative estimate of drug-likeness (QED) is 0.887. The third kappa shape index (κ3) is 6.32. The van der Waals surface area contributed by atoms with Gasteiger partial charge in [0.15, 0.2) is 0 Å². The molecule has 1 aromatic carbocycles. The molecule has 0 aromatic heterocycles.